The molecule has 0 unspecified atom stereocenters. The molecule has 2 aromatic heterocycles. The van der Waals surface area contributed by atoms with Gasteiger partial charge in [0.1, 0.15) is 17.0 Å². The maximum absolute atomic E-state index is 4.50. The van der Waals surface area contributed by atoms with Crippen molar-refractivity contribution in [1.82, 2.24) is 9.97 Å². The van der Waals surface area contributed by atoms with E-state index in [0.717, 1.165) is 26.2 Å². The lowest BCUT2D eigenvalue weighted by molar-refractivity contribution is 0.867. The van der Waals surface area contributed by atoms with Crippen molar-refractivity contribution in [3.05, 3.63) is 70.3 Å². The molecule has 4 aromatic rings. The van der Waals surface area contributed by atoms with Crippen LogP contribution in [0.4, 0.5) is 11.5 Å². The first-order chi connectivity index (χ1) is 12.6. The second kappa shape index (κ2) is 7.17. The topological polar surface area (TPSA) is 37.8 Å². The van der Waals surface area contributed by atoms with Crippen molar-refractivity contribution in [3.63, 3.8) is 0 Å². The quantitative estimate of drug-likeness (QED) is 0.384. The number of fused-ring (bicyclic) bond motifs is 1. The fourth-order valence-corrected chi connectivity index (χ4v) is 4.08. The molecule has 0 saturated heterocycles. The number of nitrogens with one attached hydrogen (secondary N) is 1. The molecule has 3 nitrogen and oxygen atoms in total. The molecule has 1 N–H and O–H groups in total. The van der Waals surface area contributed by atoms with Crippen molar-refractivity contribution in [1.29, 1.82) is 0 Å². The minimum absolute atomic E-state index is 0.529. The number of thiophene rings is 1. The number of nitrogens with zero attached hydrogens (tertiary/aromatic N) is 2. The molecule has 2 heterocycles. The van der Waals surface area contributed by atoms with Crippen molar-refractivity contribution in [2.75, 3.05) is 5.32 Å². The SMILES string of the molecule is CC(C)c1ccc(-c2csc3ncnc(Nc4ccc(Br)cc4)c23)cc1. The Kier molecular flexibility index (Phi) is 4.74. The first-order valence-electron chi connectivity index (χ1n) is 8.47. The van der Waals surface area contributed by atoms with E-state index in [4.69, 9.17) is 0 Å². The zero-order valence-electron chi connectivity index (χ0n) is 14.5. The Balaban J connectivity index is 1.77. The Bertz CT molecular complexity index is 1040. The van der Waals surface area contributed by atoms with Gasteiger partial charge in [0.15, 0.2) is 0 Å². The molecule has 0 fully saturated rings. The predicted molar refractivity (Wildman–Crippen MR) is 114 cm³/mol. The molecule has 0 saturated carbocycles. The summed E-state index contributed by atoms with van der Waals surface area (Å²) in [5.74, 6) is 1.36. The number of benzene rings is 2. The van der Waals surface area contributed by atoms with Gasteiger partial charge in [0.05, 0.1) is 5.39 Å². The van der Waals surface area contributed by atoms with E-state index in [1.165, 1.54) is 16.7 Å². The summed E-state index contributed by atoms with van der Waals surface area (Å²) in [5.41, 5.74) is 4.70. The second-order valence-corrected chi connectivity index (χ2v) is 8.23. The third-order valence-corrected chi connectivity index (χ3v) is 5.78. The van der Waals surface area contributed by atoms with Crippen molar-refractivity contribution >= 4 is 49.0 Å². The minimum Gasteiger partial charge on any atom is -0.340 e. The maximum Gasteiger partial charge on any atom is 0.143 e. The van der Waals surface area contributed by atoms with Gasteiger partial charge < -0.3 is 5.32 Å². The predicted octanol–water partition coefficient (Wildman–Crippen LogP) is 6.99. The number of hydrogen-bond donors (Lipinski definition) is 1. The van der Waals surface area contributed by atoms with Crippen LogP contribution in [0.1, 0.15) is 25.3 Å². The molecule has 0 spiro atoms. The normalized spacial score (nSPS) is 11.2. The standard InChI is InChI=1S/C21H18BrN3S/c1-13(2)14-3-5-15(6-4-14)18-11-26-21-19(18)20(23-12-24-21)25-17-9-7-16(22)8-10-17/h3-13H,1-2H3,(H,23,24,25). The number of hydrogen-bond acceptors (Lipinski definition) is 4. The third-order valence-electron chi connectivity index (χ3n) is 4.37. The Morgan fingerprint density at radius 2 is 1.69 bits per heavy atom. The number of anilines is 2. The highest BCUT2D eigenvalue weighted by atomic mass is 79.9. The van der Waals surface area contributed by atoms with Gasteiger partial charge in [0, 0.05) is 21.1 Å². The van der Waals surface area contributed by atoms with Gasteiger partial charge in [-0.15, -0.1) is 11.3 Å². The van der Waals surface area contributed by atoms with Gasteiger partial charge in [-0.2, -0.15) is 0 Å². The molecule has 4 rings (SSSR count). The first kappa shape index (κ1) is 17.2. The smallest absolute Gasteiger partial charge is 0.143 e. The molecule has 26 heavy (non-hydrogen) atoms. The summed E-state index contributed by atoms with van der Waals surface area (Å²) >= 11 is 5.12. The summed E-state index contributed by atoms with van der Waals surface area (Å²) in [6.07, 6.45) is 1.62. The van der Waals surface area contributed by atoms with Gasteiger partial charge in [-0.25, -0.2) is 9.97 Å². The van der Waals surface area contributed by atoms with E-state index < -0.39 is 0 Å². The summed E-state index contributed by atoms with van der Waals surface area (Å²) in [6, 6.07) is 16.9. The molecule has 0 aliphatic rings. The Morgan fingerprint density at radius 3 is 2.38 bits per heavy atom. The van der Waals surface area contributed by atoms with Crippen LogP contribution >= 0.6 is 27.3 Å². The summed E-state index contributed by atoms with van der Waals surface area (Å²) in [5, 5.41) is 6.67. The second-order valence-electron chi connectivity index (χ2n) is 6.46. The van der Waals surface area contributed by atoms with Gasteiger partial charge in [-0.1, -0.05) is 54.0 Å². The molecule has 0 bridgehead atoms. The first-order valence-corrected chi connectivity index (χ1v) is 10.1. The average molecular weight is 424 g/mol. The largest absolute Gasteiger partial charge is 0.340 e. The third kappa shape index (κ3) is 3.37. The summed E-state index contributed by atoms with van der Waals surface area (Å²) in [6.45, 7) is 4.42. The van der Waals surface area contributed by atoms with E-state index in [-0.39, 0.29) is 0 Å². The Labute approximate surface area is 165 Å². The maximum atomic E-state index is 4.50. The van der Waals surface area contributed by atoms with Gasteiger partial charge >= 0.3 is 0 Å². The van der Waals surface area contributed by atoms with Gasteiger partial charge in [0.2, 0.25) is 0 Å². The fraction of sp³-hybridized carbons (Fsp3) is 0.143. The zero-order chi connectivity index (χ0) is 18.1. The van der Waals surface area contributed by atoms with E-state index in [2.05, 4.69) is 74.7 Å². The lowest BCUT2D eigenvalue weighted by atomic mass is 9.99. The monoisotopic (exact) mass is 423 g/mol. The van der Waals surface area contributed by atoms with Crippen LogP contribution < -0.4 is 5.32 Å². The van der Waals surface area contributed by atoms with Crippen LogP contribution in [-0.4, -0.2) is 9.97 Å². The van der Waals surface area contributed by atoms with E-state index in [0.29, 0.717) is 5.92 Å². The highest BCUT2D eigenvalue weighted by Gasteiger charge is 2.13. The van der Waals surface area contributed by atoms with E-state index in [1.54, 1.807) is 17.7 Å². The molecular weight excluding hydrogens is 406 g/mol. The van der Waals surface area contributed by atoms with E-state index in [9.17, 15) is 0 Å². The zero-order valence-corrected chi connectivity index (χ0v) is 16.9. The fourth-order valence-electron chi connectivity index (χ4n) is 2.90. The van der Waals surface area contributed by atoms with E-state index in [1.807, 2.05) is 24.3 Å². The van der Waals surface area contributed by atoms with Crippen molar-refractivity contribution in [2.24, 2.45) is 0 Å². The molecule has 130 valence electrons. The molecule has 0 aliphatic carbocycles. The summed E-state index contributed by atoms with van der Waals surface area (Å²) < 4.78 is 1.05. The molecule has 0 atom stereocenters. The number of aromatic nitrogens is 2. The molecule has 2 aromatic carbocycles. The van der Waals surface area contributed by atoms with E-state index >= 15 is 0 Å². The Hall–Kier alpha value is -2.24. The lowest BCUT2D eigenvalue weighted by Gasteiger charge is -2.10. The highest BCUT2D eigenvalue weighted by Crippen LogP contribution is 2.37. The van der Waals surface area contributed by atoms with Crippen molar-refractivity contribution < 1.29 is 0 Å². The van der Waals surface area contributed by atoms with Crippen LogP contribution in [0.3, 0.4) is 0 Å². The van der Waals surface area contributed by atoms with Crippen LogP contribution in [0, 0.1) is 0 Å². The van der Waals surface area contributed by atoms with Gasteiger partial charge in [0.25, 0.3) is 0 Å². The van der Waals surface area contributed by atoms with Crippen LogP contribution in [0.2, 0.25) is 0 Å². The van der Waals surface area contributed by atoms with Crippen LogP contribution in [0.5, 0.6) is 0 Å². The Morgan fingerprint density at radius 1 is 0.962 bits per heavy atom. The molecule has 0 amide bonds. The van der Waals surface area contributed by atoms with Gasteiger partial charge in [-0.3, -0.25) is 0 Å². The molecule has 5 heteroatoms. The van der Waals surface area contributed by atoms with Crippen molar-refractivity contribution in [3.8, 4) is 11.1 Å². The molecule has 0 radical (unpaired) electrons. The molecular formula is C21H18BrN3S. The number of halogens is 1. The van der Waals surface area contributed by atoms with Crippen LogP contribution in [0.15, 0.2) is 64.7 Å². The lowest BCUT2D eigenvalue weighted by Crippen LogP contribution is -1.95. The van der Waals surface area contributed by atoms with Crippen LogP contribution in [0.25, 0.3) is 21.3 Å². The number of rotatable bonds is 4. The van der Waals surface area contributed by atoms with Gasteiger partial charge in [-0.05, 0) is 41.3 Å². The minimum atomic E-state index is 0.529. The average Bonchev–Trinajstić information content (AvgIpc) is 3.09. The van der Waals surface area contributed by atoms with Crippen LogP contribution in [-0.2, 0) is 0 Å². The van der Waals surface area contributed by atoms with Crippen molar-refractivity contribution in [2.45, 2.75) is 19.8 Å². The highest BCUT2D eigenvalue weighted by molar-refractivity contribution is 9.10. The molecule has 0 aliphatic heterocycles. The summed E-state index contributed by atoms with van der Waals surface area (Å²) in [4.78, 5) is 9.94. The summed E-state index contributed by atoms with van der Waals surface area (Å²) in [7, 11) is 0.